The van der Waals surface area contributed by atoms with Gasteiger partial charge in [-0.3, -0.25) is 9.48 Å². The van der Waals surface area contributed by atoms with Crippen LogP contribution in [0.5, 0.6) is 0 Å². The van der Waals surface area contributed by atoms with Crippen LogP contribution in [0.1, 0.15) is 23.9 Å². The molecular formula is C14H16FN3O. The van der Waals surface area contributed by atoms with Crippen LogP contribution < -0.4 is 5.32 Å². The number of nitrogens with one attached hydrogen (secondary N) is 1. The lowest BCUT2D eigenvalue weighted by atomic mass is 10.2. The Hall–Kier alpha value is -2.17. The molecule has 1 aromatic heterocycles. The smallest absolute Gasteiger partial charge is 0.221 e. The van der Waals surface area contributed by atoms with Crippen molar-refractivity contribution >= 4 is 11.6 Å². The van der Waals surface area contributed by atoms with Crippen LogP contribution in [0.15, 0.2) is 24.3 Å². The third kappa shape index (κ3) is 2.81. The van der Waals surface area contributed by atoms with E-state index in [0.29, 0.717) is 17.8 Å². The summed E-state index contributed by atoms with van der Waals surface area (Å²) in [5.74, 6) is -0.396. The van der Waals surface area contributed by atoms with Crippen molar-refractivity contribution in [2.45, 2.75) is 27.3 Å². The molecule has 0 atom stereocenters. The van der Waals surface area contributed by atoms with E-state index in [1.54, 1.807) is 22.9 Å². The van der Waals surface area contributed by atoms with Crippen molar-refractivity contribution in [2.24, 2.45) is 0 Å². The number of anilines is 1. The summed E-state index contributed by atoms with van der Waals surface area (Å²) in [6.45, 7) is 5.47. The Morgan fingerprint density at radius 3 is 2.68 bits per heavy atom. The maximum atomic E-state index is 13.6. The third-order valence-corrected chi connectivity index (χ3v) is 2.96. The van der Waals surface area contributed by atoms with Crippen LogP contribution in [-0.4, -0.2) is 15.7 Å². The summed E-state index contributed by atoms with van der Waals surface area (Å²) in [7, 11) is 0. The molecule has 2 aromatic rings. The van der Waals surface area contributed by atoms with Crippen LogP contribution in [0.3, 0.4) is 0 Å². The van der Waals surface area contributed by atoms with Gasteiger partial charge in [0.05, 0.1) is 23.6 Å². The maximum Gasteiger partial charge on any atom is 0.221 e. The largest absolute Gasteiger partial charge is 0.323 e. The van der Waals surface area contributed by atoms with E-state index >= 15 is 0 Å². The predicted molar refractivity (Wildman–Crippen MR) is 71.5 cm³/mol. The lowest BCUT2D eigenvalue weighted by Gasteiger charge is -2.06. The molecular weight excluding hydrogens is 245 g/mol. The van der Waals surface area contributed by atoms with Crippen molar-refractivity contribution in [1.29, 1.82) is 0 Å². The molecule has 0 saturated carbocycles. The molecule has 0 aliphatic heterocycles. The van der Waals surface area contributed by atoms with Crippen molar-refractivity contribution in [2.75, 3.05) is 5.32 Å². The Kier molecular flexibility index (Phi) is 3.64. The van der Waals surface area contributed by atoms with Crippen LogP contribution >= 0.6 is 0 Å². The fourth-order valence-electron chi connectivity index (χ4n) is 2.00. The van der Waals surface area contributed by atoms with Crippen molar-refractivity contribution < 1.29 is 9.18 Å². The normalized spacial score (nSPS) is 10.5. The Morgan fingerprint density at radius 2 is 2.05 bits per heavy atom. The minimum atomic E-state index is -0.254. The van der Waals surface area contributed by atoms with E-state index in [-0.39, 0.29) is 11.7 Å². The second-order valence-electron chi connectivity index (χ2n) is 4.48. The van der Waals surface area contributed by atoms with Gasteiger partial charge in [-0.25, -0.2) is 4.39 Å². The summed E-state index contributed by atoms with van der Waals surface area (Å²) in [6.07, 6.45) is 0. The molecule has 0 saturated heterocycles. The van der Waals surface area contributed by atoms with E-state index in [1.807, 2.05) is 13.8 Å². The summed E-state index contributed by atoms with van der Waals surface area (Å²) in [4.78, 5) is 11.1. The van der Waals surface area contributed by atoms with Gasteiger partial charge in [-0.2, -0.15) is 5.10 Å². The van der Waals surface area contributed by atoms with Gasteiger partial charge in [-0.05, 0) is 19.9 Å². The molecule has 5 heteroatoms. The first-order valence-corrected chi connectivity index (χ1v) is 6.04. The van der Waals surface area contributed by atoms with E-state index in [9.17, 15) is 9.18 Å². The van der Waals surface area contributed by atoms with Crippen LogP contribution in [0, 0.1) is 19.7 Å². The van der Waals surface area contributed by atoms with Gasteiger partial charge in [0.15, 0.2) is 0 Å². The zero-order valence-electron chi connectivity index (χ0n) is 11.2. The van der Waals surface area contributed by atoms with Crippen molar-refractivity contribution in [3.05, 3.63) is 47.0 Å². The highest BCUT2D eigenvalue weighted by Gasteiger charge is 2.13. The molecule has 2 rings (SSSR count). The number of rotatable bonds is 3. The first kappa shape index (κ1) is 13.3. The Balaban J connectivity index is 2.32. The lowest BCUT2D eigenvalue weighted by molar-refractivity contribution is -0.114. The second-order valence-corrected chi connectivity index (χ2v) is 4.48. The van der Waals surface area contributed by atoms with Gasteiger partial charge in [0, 0.05) is 12.5 Å². The van der Waals surface area contributed by atoms with Gasteiger partial charge in [-0.15, -0.1) is 0 Å². The molecule has 1 N–H and O–H groups in total. The fraction of sp³-hybridized carbons (Fsp3) is 0.286. The summed E-state index contributed by atoms with van der Waals surface area (Å²) in [5, 5.41) is 7.08. The van der Waals surface area contributed by atoms with Gasteiger partial charge >= 0.3 is 0 Å². The molecule has 0 spiro atoms. The molecule has 0 bridgehead atoms. The predicted octanol–water partition coefficient (Wildman–Crippen LogP) is 2.65. The molecule has 0 aliphatic rings. The summed E-state index contributed by atoms with van der Waals surface area (Å²) in [6, 6.07) is 6.60. The van der Waals surface area contributed by atoms with Crippen LogP contribution in [-0.2, 0) is 11.3 Å². The lowest BCUT2D eigenvalue weighted by Crippen LogP contribution is -2.09. The number of hydrogen-bond acceptors (Lipinski definition) is 2. The number of hydrogen-bond donors (Lipinski definition) is 1. The Labute approximate surface area is 111 Å². The minimum Gasteiger partial charge on any atom is -0.323 e. The molecule has 0 fully saturated rings. The number of nitrogens with zero attached hydrogens (tertiary/aromatic N) is 2. The van der Waals surface area contributed by atoms with E-state index in [0.717, 1.165) is 11.4 Å². The molecule has 19 heavy (non-hydrogen) atoms. The standard InChI is InChI=1S/C14H16FN3O/c1-9-14(16-11(3)19)10(2)18(17-9)8-12-6-4-5-7-13(12)15/h4-7H,8H2,1-3H3,(H,16,19). The van der Waals surface area contributed by atoms with Gasteiger partial charge in [0.1, 0.15) is 5.82 Å². The maximum absolute atomic E-state index is 13.6. The topological polar surface area (TPSA) is 46.9 Å². The third-order valence-electron chi connectivity index (χ3n) is 2.96. The second kappa shape index (κ2) is 5.22. The van der Waals surface area contributed by atoms with Gasteiger partial charge < -0.3 is 5.32 Å². The minimum absolute atomic E-state index is 0.142. The van der Waals surface area contributed by atoms with Crippen molar-refractivity contribution in [1.82, 2.24) is 9.78 Å². The Bertz CT molecular complexity index is 619. The summed E-state index contributed by atoms with van der Waals surface area (Å²) < 4.78 is 15.3. The van der Waals surface area contributed by atoms with Gasteiger partial charge in [0.25, 0.3) is 0 Å². The van der Waals surface area contributed by atoms with E-state index in [4.69, 9.17) is 0 Å². The summed E-state index contributed by atoms with van der Waals surface area (Å²) >= 11 is 0. The van der Waals surface area contributed by atoms with Crippen LogP contribution in [0.25, 0.3) is 0 Å². The number of amides is 1. The number of halogens is 1. The fourth-order valence-corrected chi connectivity index (χ4v) is 2.00. The Morgan fingerprint density at radius 1 is 1.37 bits per heavy atom. The average molecular weight is 261 g/mol. The van der Waals surface area contributed by atoms with E-state index in [2.05, 4.69) is 10.4 Å². The average Bonchev–Trinajstić information content (AvgIpc) is 2.60. The quantitative estimate of drug-likeness (QED) is 0.923. The zero-order valence-corrected chi connectivity index (χ0v) is 11.2. The molecule has 0 aliphatic carbocycles. The number of benzene rings is 1. The number of carbonyl (C=O) groups excluding carboxylic acids is 1. The molecule has 0 unspecified atom stereocenters. The molecule has 1 amide bonds. The van der Waals surface area contributed by atoms with Crippen LogP contribution in [0.2, 0.25) is 0 Å². The summed E-state index contributed by atoms with van der Waals surface area (Å²) in [5.41, 5.74) is 2.81. The van der Waals surface area contributed by atoms with Gasteiger partial charge in [-0.1, -0.05) is 18.2 Å². The molecule has 100 valence electrons. The number of aromatic nitrogens is 2. The molecule has 4 nitrogen and oxygen atoms in total. The number of carbonyl (C=O) groups is 1. The van der Waals surface area contributed by atoms with E-state index < -0.39 is 0 Å². The van der Waals surface area contributed by atoms with E-state index in [1.165, 1.54) is 13.0 Å². The highest BCUT2D eigenvalue weighted by Crippen LogP contribution is 2.20. The zero-order chi connectivity index (χ0) is 14.0. The first-order chi connectivity index (χ1) is 8.99. The van der Waals surface area contributed by atoms with Gasteiger partial charge in [0.2, 0.25) is 5.91 Å². The van der Waals surface area contributed by atoms with Crippen LogP contribution in [0.4, 0.5) is 10.1 Å². The van der Waals surface area contributed by atoms with Crippen molar-refractivity contribution in [3.63, 3.8) is 0 Å². The monoisotopic (exact) mass is 261 g/mol. The van der Waals surface area contributed by atoms with Crippen molar-refractivity contribution in [3.8, 4) is 0 Å². The highest BCUT2D eigenvalue weighted by molar-refractivity contribution is 5.89. The molecule has 0 radical (unpaired) electrons. The first-order valence-electron chi connectivity index (χ1n) is 6.04. The highest BCUT2D eigenvalue weighted by atomic mass is 19.1. The molecule has 1 heterocycles. The number of aryl methyl sites for hydroxylation is 1. The molecule has 1 aromatic carbocycles. The SMILES string of the molecule is CC(=O)Nc1c(C)nn(Cc2ccccc2F)c1C.